The number of ether oxygens (including phenoxy) is 1. The summed E-state index contributed by atoms with van der Waals surface area (Å²) in [4.78, 5) is 22.7. The molecule has 0 aromatic heterocycles. The van der Waals surface area contributed by atoms with Gasteiger partial charge >= 0.3 is 11.9 Å². The van der Waals surface area contributed by atoms with E-state index in [1.807, 2.05) is 6.92 Å². The van der Waals surface area contributed by atoms with Crippen molar-refractivity contribution in [2.45, 2.75) is 64.5 Å². The van der Waals surface area contributed by atoms with E-state index in [2.05, 4.69) is 25.5 Å². The SMILES string of the molecule is CCC([SiH2]OC(C)(CC)CC)C1CC(=O)OC1=O. The van der Waals surface area contributed by atoms with Crippen LogP contribution >= 0.6 is 0 Å². The Labute approximate surface area is 111 Å². The summed E-state index contributed by atoms with van der Waals surface area (Å²) < 4.78 is 10.7. The summed E-state index contributed by atoms with van der Waals surface area (Å²) in [5.41, 5.74) is 0.132. The highest BCUT2D eigenvalue weighted by Gasteiger charge is 2.39. The molecule has 0 saturated carbocycles. The second-order valence-corrected chi connectivity index (χ2v) is 6.91. The summed E-state index contributed by atoms with van der Waals surface area (Å²) in [6.07, 6.45) is 3.06. The monoisotopic (exact) mass is 272 g/mol. The van der Waals surface area contributed by atoms with E-state index < -0.39 is 9.76 Å². The first-order valence-electron chi connectivity index (χ1n) is 6.84. The molecule has 1 rings (SSSR count). The molecule has 0 amide bonds. The van der Waals surface area contributed by atoms with Crippen LogP contribution in [0.3, 0.4) is 0 Å². The lowest BCUT2D eigenvalue weighted by atomic mass is 10.0. The molecule has 1 aliphatic rings. The van der Waals surface area contributed by atoms with Crippen LogP contribution in [0.15, 0.2) is 0 Å². The number of cyclic esters (lactones) is 2. The third kappa shape index (κ3) is 3.65. The number of hydrogen-bond donors (Lipinski definition) is 0. The Morgan fingerprint density at radius 2 is 2.00 bits per heavy atom. The molecule has 1 heterocycles. The Kier molecular flexibility index (Phi) is 5.53. The maximum atomic E-state index is 11.6. The van der Waals surface area contributed by atoms with Crippen LogP contribution < -0.4 is 0 Å². The Morgan fingerprint density at radius 3 is 2.39 bits per heavy atom. The number of carbonyl (C=O) groups is 2. The van der Waals surface area contributed by atoms with Gasteiger partial charge in [-0.25, -0.2) is 0 Å². The van der Waals surface area contributed by atoms with Gasteiger partial charge in [0.15, 0.2) is 9.76 Å². The topological polar surface area (TPSA) is 52.6 Å². The van der Waals surface area contributed by atoms with E-state index in [-0.39, 0.29) is 35.4 Å². The summed E-state index contributed by atoms with van der Waals surface area (Å²) in [5.74, 6) is -0.990. The van der Waals surface area contributed by atoms with E-state index in [9.17, 15) is 9.59 Å². The molecule has 0 aromatic rings. The number of hydrogen-bond acceptors (Lipinski definition) is 4. The highest BCUT2D eigenvalue weighted by Crippen LogP contribution is 2.32. The predicted molar refractivity (Wildman–Crippen MR) is 71.9 cm³/mol. The smallest absolute Gasteiger partial charge is 0.317 e. The van der Waals surface area contributed by atoms with Crippen molar-refractivity contribution in [3.05, 3.63) is 0 Å². The van der Waals surface area contributed by atoms with Gasteiger partial charge in [-0.3, -0.25) is 9.59 Å². The number of rotatable bonds is 7. The van der Waals surface area contributed by atoms with Crippen LogP contribution in [0.25, 0.3) is 0 Å². The minimum atomic E-state index is -0.838. The normalized spacial score (nSPS) is 22.8. The molecule has 5 heteroatoms. The minimum absolute atomic E-state index is 0.0772. The zero-order valence-corrected chi connectivity index (χ0v) is 13.2. The molecular formula is C13H24O4Si. The maximum absolute atomic E-state index is 11.6. The Balaban J connectivity index is 2.57. The first kappa shape index (κ1) is 15.4. The molecule has 0 aliphatic carbocycles. The fourth-order valence-electron chi connectivity index (χ4n) is 2.13. The highest BCUT2D eigenvalue weighted by molar-refractivity contribution is 6.31. The molecule has 0 aromatic carbocycles. The molecule has 18 heavy (non-hydrogen) atoms. The standard InChI is InChI=1S/C13H24O4Si/c1-5-10(9-8-11(14)16-12(9)15)18-17-13(4,6-2)7-3/h9-10H,5-8,18H2,1-4H3. The number of esters is 2. The lowest BCUT2D eigenvalue weighted by Crippen LogP contribution is -2.32. The first-order chi connectivity index (χ1) is 8.45. The van der Waals surface area contributed by atoms with Crippen LogP contribution in [0.1, 0.15) is 53.4 Å². The largest absolute Gasteiger partial charge is 0.419 e. The van der Waals surface area contributed by atoms with E-state index in [0.29, 0.717) is 0 Å². The van der Waals surface area contributed by atoms with Crippen molar-refractivity contribution in [3.8, 4) is 0 Å². The average Bonchev–Trinajstić information content (AvgIpc) is 2.69. The van der Waals surface area contributed by atoms with Crippen LogP contribution in [-0.2, 0) is 18.8 Å². The third-order valence-corrected chi connectivity index (χ3v) is 6.58. The van der Waals surface area contributed by atoms with E-state index in [1.54, 1.807) is 0 Å². The van der Waals surface area contributed by atoms with Crippen molar-refractivity contribution in [2.24, 2.45) is 5.92 Å². The molecule has 0 spiro atoms. The van der Waals surface area contributed by atoms with Gasteiger partial charge in [0.25, 0.3) is 0 Å². The molecule has 2 atom stereocenters. The molecule has 4 nitrogen and oxygen atoms in total. The molecule has 1 fully saturated rings. The molecule has 0 N–H and O–H groups in total. The van der Waals surface area contributed by atoms with Gasteiger partial charge in [0.1, 0.15) is 0 Å². The number of carbonyl (C=O) groups excluding carboxylic acids is 2. The van der Waals surface area contributed by atoms with Crippen LogP contribution in [0, 0.1) is 5.92 Å². The predicted octanol–water partition coefficient (Wildman–Crippen LogP) is 1.95. The van der Waals surface area contributed by atoms with Crippen LogP contribution in [0.5, 0.6) is 0 Å². The summed E-state index contributed by atoms with van der Waals surface area (Å²) >= 11 is 0. The zero-order valence-electron chi connectivity index (χ0n) is 11.8. The summed E-state index contributed by atoms with van der Waals surface area (Å²) in [6, 6.07) is 0. The average molecular weight is 272 g/mol. The highest BCUT2D eigenvalue weighted by atomic mass is 28.2. The Bertz CT molecular complexity index is 312. The van der Waals surface area contributed by atoms with Gasteiger partial charge in [0, 0.05) is 0 Å². The van der Waals surface area contributed by atoms with Crippen molar-refractivity contribution in [1.82, 2.24) is 0 Å². The summed E-state index contributed by atoms with van der Waals surface area (Å²) in [6.45, 7) is 8.40. The van der Waals surface area contributed by atoms with Crippen LogP contribution in [-0.4, -0.2) is 27.3 Å². The molecule has 104 valence electrons. The van der Waals surface area contributed by atoms with Gasteiger partial charge in [-0.2, -0.15) is 0 Å². The molecule has 0 bridgehead atoms. The fourth-order valence-corrected chi connectivity index (χ4v) is 3.98. The fraction of sp³-hybridized carbons (Fsp3) is 0.846. The molecular weight excluding hydrogens is 248 g/mol. The minimum Gasteiger partial charge on any atom is -0.419 e. The van der Waals surface area contributed by atoms with Crippen LogP contribution in [0.4, 0.5) is 0 Å². The quantitative estimate of drug-likeness (QED) is 0.404. The van der Waals surface area contributed by atoms with Gasteiger partial charge in [-0.15, -0.1) is 0 Å². The molecule has 1 aliphatic heterocycles. The van der Waals surface area contributed by atoms with E-state index in [1.165, 1.54) is 0 Å². The van der Waals surface area contributed by atoms with Gasteiger partial charge in [0.05, 0.1) is 17.9 Å². The Hall–Kier alpha value is -0.683. The van der Waals surface area contributed by atoms with Crippen molar-refractivity contribution in [2.75, 3.05) is 0 Å². The maximum Gasteiger partial charge on any atom is 0.317 e. The lowest BCUT2D eigenvalue weighted by molar-refractivity contribution is -0.153. The third-order valence-electron chi connectivity index (χ3n) is 4.14. The Morgan fingerprint density at radius 1 is 1.39 bits per heavy atom. The summed E-state index contributed by atoms with van der Waals surface area (Å²) in [7, 11) is -0.838. The van der Waals surface area contributed by atoms with Crippen molar-refractivity contribution < 1.29 is 18.8 Å². The second kappa shape index (κ2) is 6.47. The van der Waals surface area contributed by atoms with E-state index in [0.717, 1.165) is 19.3 Å². The van der Waals surface area contributed by atoms with Gasteiger partial charge < -0.3 is 9.16 Å². The lowest BCUT2D eigenvalue weighted by Gasteiger charge is -2.30. The van der Waals surface area contributed by atoms with Gasteiger partial charge in [-0.05, 0) is 25.3 Å². The summed E-state index contributed by atoms with van der Waals surface area (Å²) in [5, 5.41) is 0. The first-order valence-corrected chi connectivity index (χ1v) is 8.23. The van der Waals surface area contributed by atoms with Crippen LogP contribution in [0.2, 0.25) is 5.54 Å². The van der Waals surface area contributed by atoms with Gasteiger partial charge in [-0.1, -0.05) is 27.2 Å². The zero-order chi connectivity index (χ0) is 13.8. The van der Waals surface area contributed by atoms with E-state index in [4.69, 9.17) is 4.43 Å². The molecule has 1 saturated heterocycles. The molecule has 2 unspecified atom stereocenters. The second-order valence-electron chi connectivity index (χ2n) is 5.24. The van der Waals surface area contributed by atoms with E-state index >= 15 is 0 Å². The van der Waals surface area contributed by atoms with Crippen molar-refractivity contribution in [3.63, 3.8) is 0 Å². The molecule has 0 radical (unpaired) electrons. The van der Waals surface area contributed by atoms with Gasteiger partial charge in [0.2, 0.25) is 0 Å². The van der Waals surface area contributed by atoms with Crippen molar-refractivity contribution in [1.29, 1.82) is 0 Å². The van der Waals surface area contributed by atoms with Crippen molar-refractivity contribution >= 4 is 21.7 Å².